The molecule has 0 unspecified atom stereocenters. The first-order valence-electron chi connectivity index (χ1n) is 4.63. The molecule has 0 aliphatic rings. The van der Waals surface area contributed by atoms with Gasteiger partial charge in [0.15, 0.2) is 0 Å². The molecule has 0 fully saturated rings. The Morgan fingerprint density at radius 3 is 2.19 bits per heavy atom. The predicted octanol–water partition coefficient (Wildman–Crippen LogP) is 3.38. The summed E-state index contributed by atoms with van der Waals surface area (Å²) in [6.07, 6.45) is -1.09. The van der Waals surface area contributed by atoms with Crippen LogP contribution in [0.25, 0.3) is 0 Å². The molecular formula is C11H9F3N2. The molecule has 0 radical (unpaired) electrons. The molecule has 1 N–H and O–H groups in total. The van der Waals surface area contributed by atoms with Gasteiger partial charge in [-0.05, 0) is 24.3 Å². The van der Waals surface area contributed by atoms with Gasteiger partial charge in [-0.3, -0.25) is 10.1 Å². The number of anilines is 1. The molecule has 0 spiro atoms. The Labute approximate surface area is 90.3 Å². The van der Waals surface area contributed by atoms with Crippen LogP contribution in [-0.4, -0.2) is 4.68 Å². The summed E-state index contributed by atoms with van der Waals surface area (Å²) in [6, 6.07) is 8.81. The highest BCUT2D eigenvalue weighted by molar-refractivity contribution is 5.52. The van der Waals surface area contributed by atoms with Gasteiger partial charge in [0.05, 0.1) is 11.3 Å². The number of halogens is 3. The number of rotatable bonds is 2. The maximum atomic E-state index is 12.6. The van der Waals surface area contributed by atoms with Gasteiger partial charge in [-0.1, -0.05) is 12.1 Å². The van der Waals surface area contributed by atoms with Crippen molar-refractivity contribution in [3.63, 3.8) is 0 Å². The van der Waals surface area contributed by atoms with Crippen LogP contribution in [0.2, 0.25) is 0 Å². The maximum absolute atomic E-state index is 12.6. The molecule has 1 heterocycles. The number of nitrogens with zero attached hydrogens (tertiary/aromatic N) is 1. The van der Waals surface area contributed by atoms with Crippen molar-refractivity contribution in [2.45, 2.75) is 6.18 Å². The zero-order chi connectivity index (χ0) is 11.6. The summed E-state index contributed by atoms with van der Waals surface area (Å²) in [5, 5.41) is 0. The highest BCUT2D eigenvalue weighted by Gasteiger charge is 2.33. The van der Waals surface area contributed by atoms with Crippen LogP contribution < -0.4 is 5.43 Å². The van der Waals surface area contributed by atoms with E-state index in [1.165, 1.54) is 16.8 Å². The van der Waals surface area contributed by atoms with E-state index in [0.717, 1.165) is 6.07 Å². The number of alkyl halides is 3. The van der Waals surface area contributed by atoms with Crippen molar-refractivity contribution >= 4 is 5.69 Å². The molecule has 5 heteroatoms. The highest BCUT2D eigenvalue weighted by atomic mass is 19.4. The third-order valence-corrected chi connectivity index (χ3v) is 2.09. The van der Waals surface area contributed by atoms with Gasteiger partial charge in [-0.2, -0.15) is 13.2 Å². The molecule has 2 aromatic rings. The Morgan fingerprint density at radius 2 is 1.56 bits per heavy atom. The Balaban J connectivity index is 2.34. The first-order valence-corrected chi connectivity index (χ1v) is 4.63. The number of aromatic nitrogens is 1. The van der Waals surface area contributed by atoms with Crippen molar-refractivity contribution in [3.8, 4) is 0 Å². The van der Waals surface area contributed by atoms with Crippen LogP contribution in [0.3, 0.4) is 0 Å². The lowest BCUT2D eigenvalue weighted by Gasteiger charge is -2.14. The molecule has 0 atom stereocenters. The molecule has 16 heavy (non-hydrogen) atoms. The molecule has 0 saturated carbocycles. The molecule has 0 saturated heterocycles. The molecule has 0 aliphatic carbocycles. The van der Waals surface area contributed by atoms with E-state index in [4.69, 9.17) is 0 Å². The first kappa shape index (κ1) is 10.6. The van der Waals surface area contributed by atoms with E-state index in [1.807, 2.05) is 0 Å². The zero-order valence-corrected chi connectivity index (χ0v) is 8.20. The minimum atomic E-state index is -4.35. The van der Waals surface area contributed by atoms with E-state index in [1.54, 1.807) is 30.6 Å². The molecule has 2 rings (SSSR count). The Hall–Kier alpha value is -1.91. The molecule has 0 aliphatic heterocycles. The van der Waals surface area contributed by atoms with Crippen molar-refractivity contribution in [2.75, 3.05) is 5.43 Å². The van der Waals surface area contributed by atoms with E-state index in [2.05, 4.69) is 5.43 Å². The van der Waals surface area contributed by atoms with Crippen LogP contribution in [0, 0.1) is 0 Å². The lowest BCUT2D eigenvalue weighted by atomic mass is 10.2. The van der Waals surface area contributed by atoms with Gasteiger partial charge in [-0.25, -0.2) is 0 Å². The number of benzene rings is 1. The molecule has 1 aromatic heterocycles. The first-order chi connectivity index (χ1) is 7.57. The van der Waals surface area contributed by atoms with Gasteiger partial charge < -0.3 is 0 Å². The lowest BCUT2D eigenvalue weighted by Crippen LogP contribution is -2.13. The lowest BCUT2D eigenvalue weighted by molar-refractivity contribution is -0.137. The third kappa shape index (κ3) is 2.18. The topological polar surface area (TPSA) is 17.0 Å². The summed E-state index contributed by atoms with van der Waals surface area (Å²) in [5.74, 6) is 0. The Kier molecular flexibility index (Phi) is 2.60. The second-order valence-corrected chi connectivity index (χ2v) is 3.25. The van der Waals surface area contributed by atoms with E-state index in [9.17, 15) is 13.2 Å². The van der Waals surface area contributed by atoms with Crippen LogP contribution in [-0.2, 0) is 6.18 Å². The Morgan fingerprint density at radius 1 is 0.938 bits per heavy atom. The summed E-state index contributed by atoms with van der Waals surface area (Å²) in [6.45, 7) is 0. The van der Waals surface area contributed by atoms with Crippen molar-refractivity contribution in [3.05, 3.63) is 54.4 Å². The van der Waals surface area contributed by atoms with Crippen LogP contribution in [0.1, 0.15) is 5.56 Å². The summed E-state index contributed by atoms with van der Waals surface area (Å²) < 4.78 is 39.3. The van der Waals surface area contributed by atoms with Gasteiger partial charge in [0.2, 0.25) is 0 Å². The van der Waals surface area contributed by atoms with Crippen molar-refractivity contribution in [2.24, 2.45) is 0 Å². The highest BCUT2D eigenvalue weighted by Crippen LogP contribution is 2.34. The fourth-order valence-corrected chi connectivity index (χ4v) is 1.38. The molecule has 1 aromatic carbocycles. The SMILES string of the molecule is FC(F)(F)c1ccccc1Nn1cccc1. The smallest absolute Gasteiger partial charge is 0.294 e. The van der Waals surface area contributed by atoms with Crippen LogP contribution in [0.5, 0.6) is 0 Å². The van der Waals surface area contributed by atoms with Crippen LogP contribution >= 0.6 is 0 Å². The molecule has 0 bridgehead atoms. The number of hydrogen-bond acceptors (Lipinski definition) is 1. The number of nitrogens with one attached hydrogen (secondary N) is 1. The van der Waals surface area contributed by atoms with Crippen molar-refractivity contribution in [1.29, 1.82) is 0 Å². The average molecular weight is 226 g/mol. The quantitative estimate of drug-likeness (QED) is 0.830. The number of para-hydroxylation sites is 1. The largest absolute Gasteiger partial charge is 0.418 e. The summed E-state index contributed by atoms with van der Waals surface area (Å²) in [5.41, 5.74) is 2.01. The van der Waals surface area contributed by atoms with Crippen LogP contribution in [0.15, 0.2) is 48.8 Å². The van der Waals surface area contributed by atoms with Crippen molar-refractivity contribution in [1.82, 2.24) is 4.68 Å². The van der Waals surface area contributed by atoms with Gasteiger partial charge in [-0.15, -0.1) is 0 Å². The standard InChI is InChI=1S/C11H9F3N2/c12-11(13,14)9-5-1-2-6-10(9)15-16-7-3-4-8-16/h1-8,15H. The van der Waals surface area contributed by atoms with Gasteiger partial charge in [0.1, 0.15) is 0 Å². The zero-order valence-electron chi connectivity index (χ0n) is 8.20. The molecular weight excluding hydrogens is 217 g/mol. The van der Waals surface area contributed by atoms with Crippen LogP contribution in [0.4, 0.5) is 18.9 Å². The summed E-state index contributed by atoms with van der Waals surface area (Å²) >= 11 is 0. The summed E-state index contributed by atoms with van der Waals surface area (Å²) in [4.78, 5) is 0. The maximum Gasteiger partial charge on any atom is 0.418 e. The fourth-order valence-electron chi connectivity index (χ4n) is 1.38. The minimum Gasteiger partial charge on any atom is -0.294 e. The van der Waals surface area contributed by atoms with E-state index in [-0.39, 0.29) is 5.69 Å². The average Bonchev–Trinajstić information content (AvgIpc) is 2.70. The normalized spacial score (nSPS) is 11.4. The molecule has 0 amide bonds. The second-order valence-electron chi connectivity index (χ2n) is 3.25. The van der Waals surface area contributed by atoms with Gasteiger partial charge >= 0.3 is 6.18 Å². The van der Waals surface area contributed by atoms with E-state index >= 15 is 0 Å². The monoisotopic (exact) mass is 226 g/mol. The minimum absolute atomic E-state index is 0.0335. The summed E-state index contributed by atoms with van der Waals surface area (Å²) in [7, 11) is 0. The molecule has 84 valence electrons. The third-order valence-electron chi connectivity index (χ3n) is 2.09. The van der Waals surface area contributed by atoms with Crippen molar-refractivity contribution < 1.29 is 13.2 Å². The molecule has 2 nitrogen and oxygen atoms in total. The van der Waals surface area contributed by atoms with E-state index in [0.29, 0.717) is 0 Å². The number of hydrogen-bond donors (Lipinski definition) is 1. The fraction of sp³-hybridized carbons (Fsp3) is 0.0909. The Bertz CT molecular complexity index is 460. The second kappa shape index (κ2) is 3.92. The predicted molar refractivity (Wildman–Crippen MR) is 54.9 cm³/mol. The van der Waals surface area contributed by atoms with Gasteiger partial charge in [0, 0.05) is 12.4 Å². The van der Waals surface area contributed by atoms with E-state index < -0.39 is 11.7 Å². The van der Waals surface area contributed by atoms with Gasteiger partial charge in [0.25, 0.3) is 0 Å².